The van der Waals surface area contributed by atoms with E-state index < -0.39 is 0 Å². The number of carbonyl (C=O) groups excluding carboxylic acids is 1. The molecule has 4 rings (SSSR count). The number of nitrogens with one attached hydrogen (secondary N) is 1. The molecule has 1 saturated heterocycles. The highest BCUT2D eigenvalue weighted by Gasteiger charge is 2.21. The van der Waals surface area contributed by atoms with Crippen LogP contribution in [0.5, 0.6) is 5.75 Å². The Hall–Kier alpha value is -1.58. The van der Waals surface area contributed by atoms with E-state index in [0.717, 1.165) is 67.8 Å². The summed E-state index contributed by atoms with van der Waals surface area (Å²) in [6.07, 6.45) is 0.876. The highest BCUT2D eigenvalue weighted by Crippen LogP contribution is 2.32. The predicted octanol–water partition coefficient (Wildman–Crippen LogP) is 6.43. The van der Waals surface area contributed by atoms with Gasteiger partial charge < -0.3 is 19.5 Å². The van der Waals surface area contributed by atoms with Gasteiger partial charge in [0.05, 0.1) is 28.5 Å². The van der Waals surface area contributed by atoms with Crippen LogP contribution in [-0.2, 0) is 0 Å². The van der Waals surface area contributed by atoms with Crippen LogP contribution < -0.4 is 15.0 Å². The fourth-order valence-corrected chi connectivity index (χ4v) is 4.92. The van der Waals surface area contributed by atoms with Gasteiger partial charge in [-0.2, -0.15) is 0 Å². The molecule has 3 aromatic rings. The lowest BCUT2D eigenvalue weighted by Crippen LogP contribution is -2.47. The van der Waals surface area contributed by atoms with Gasteiger partial charge in [0.2, 0.25) is 0 Å². The molecule has 1 N–H and O–H groups in total. The maximum atomic E-state index is 12.8. The zero-order valence-electron chi connectivity index (χ0n) is 22.0. The maximum absolute atomic E-state index is 12.8. The Bertz CT molecular complexity index is 1180. The molecule has 0 radical (unpaired) electrons. The number of halogens is 6. The van der Waals surface area contributed by atoms with Crippen LogP contribution in [0.2, 0.25) is 10.0 Å². The van der Waals surface area contributed by atoms with Crippen molar-refractivity contribution in [3.05, 3.63) is 69.7 Å². The van der Waals surface area contributed by atoms with Crippen LogP contribution in [0.3, 0.4) is 0 Å². The molecule has 1 fully saturated rings. The van der Waals surface area contributed by atoms with Crippen molar-refractivity contribution < 1.29 is 9.53 Å². The van der Waals surface area contributed by atoms with Crippen LogP contribution in [0.25, 0.3) is 5.69 Å². The minimum absolute atomic E-state index is 0. The summed E-state index contributed by atoms with van der Waals surface area (Å²) in [4.78, 5) is 22.0. The van der Waals surface area contributed by atoms with E-state index in [1.165, 1.54) is 0 Å². The molecule has 0 saturated carbocycles. The lowest BCUT2D eigenvalue weighted by molar-refractivity contribution is 0.0946. The number of aryl methyl sites for hydroxylation is 1. The second-order valence-corrected chi connectivity index (χ2v) is 9.42. The number of amides is 1. The van der Waals surface area contributed by atoms with Crippen LogP contribution in [0.15, 0.2) is 42.5 Å². The Labute approximate surface area is 265 Å². The standard InChI is InChI=1S/C26H31Cl2N5O2.4ClH/c1-18-25(30-19(2)33(18)20-8-10-21(35-3)11-9-20)26(34)29-12-5-13-31-14-16-32(17-15-31)23-7-4-6-22(27)24(23)28;;;;/h4,6-11H,5,12-17H2,1-3H3,(H,29,34);4*1H. The van der Waals surface area contributed by atoms with E-state index in [1.54, 1.807) is 7.11 Å². The van der Waals surface area contributed by atoms with Gasteiger partial charge >= 0.3 is 0 Å². The second kappa shape index (κ2) is 17.3. The Morgan fingerprint density at radius 3 is 2.23 bits per heavy atom. The number of aromatic nitrogens is 2. The van der Waals surface area contributed by atoms with Crippen molar-refractivity contribution in [2.75, 3.05) is 51.3 Å². The summed E-state index contributed by atoms with van der Waals surface area (Å²) in [5, 5.41) is 4.23. The third kappa shape index (κ3) is 8.95. The molecular weight excluding hydrogens is 627 g/mol. The second-order valence-electron chi connectivity index (χ2n) is 8.64. The van der Waals surface area contributed by atoms with E-state index in [-0.39, 0.29) is 55.5 Å². The zero-order valence-corrected chi connectivity index (χ0v) is 26.8. The summed E-state index contributed by atoms with van der Waals surface area (Å²) in [6, 6.07) is 13.5. The highest BCUT2D eigenvalue weighted by molar-refractivity contribution is 6.43. The molecule has 0 unspecified atom stereocenters. The number of benzene rings is 2. The Morgan fingerprint density at radius 1 is 0.974 bits per heavy atom. The smallest absolute Gasteiger partial charge is 0.271 e. The van der Waals surface area contributed by atoms with Crippen molar-refractivity contribution in [1.82, 2.24) is 19.8 Å². The summed E-state index contributed by atoms with van der Waals surface area (Å²) in [5.41, 5.74) is 3.22. The van der Waals surface area contributed by atoms with E-state index in [2.05, 4.69) is 20.1 Å². The monoisotopic (exact) mass is 659 g/mol. The van der Waals surface area contributed by atoms with Gasteiger partial charge in [0.15, 0.2) is 0 Å². The molecule has 1 aromatic heterocycles. The molecule has 1 aliphatic rings. The minimum atomic E-state index is -0.140. The van der Waals surface area contributed by atoms with E-state index in [4.69, 9.17) is 27.9 Å². The van der Waals surface area contributed by atoms with Gasteiger partial charge in [0, 0.05) is 38.4 Å². The van der Waals surface area contributed by atoms with Crippen molar-refractivity contribution in [2.24, 2.45) is 0 Å². The number of piperazine rings is 1. The van der Waals surface area contributed by atoms with Crippen LogP contribution in [0.1, 0.15) is 28.4 Å². The number of imidazole rings is 1. The lowest BCUT2D eigenvalue weighted by Gasteiger charge is -2.36. The number of rotatable bonds is 8. The molecule has 2 heterocycles. The van der Waals surface area contributed by atoms with E-state index in [9.17, 15) is 4.79 Å². The van der Waals surface area contributed by atoms with Gasteiger partial charge in [0.25, 0.3) is 5.91 Å². The van der Waals surface area contributed by atoms with Crippen molar-refractivity contribution in [3.63, 3.8) is 0 Å². The molecule has 7 nitrogen and oxygen atoms in total. The summed E-state index contributed by atoms with van der Waals surface area (Å²) in [6.45, 7) is 9.04. The van der Waals surface area contributed by atoms with Gasteiger partial charge in [-0.15, -0.1) is 49.6 Å². The third-order valence-electron chi connectivity index (χ3n) is 6.40. The Balaban J connectivity index is 0.00000361. The van der Waals surface area contributed by atoms with Gasteiger partial charge in [0.1, 0.15) is 17.3 Å². The normalized spacial score (nSPS) is 12.8. The zero-order chi connectivity index (χ0) is 24.9. The fourth-order valence-electron chi connectivity index (χ4n) is 4.51. The van der Waals surface area contributed by atoms with Crippen LogP contribution >= 0.6 is 72.8 Å². The molecule has 2 aromatic carbocycles. The van der Waals surface area contributed by atoms with Crippen LogP contribution in [-0.4, -0.2) is 66.7 Å². The van der Waals surface area contributed by atoms with Gasteiger partial charge in [-0.05, 0) is 63.2 Å². The number of hydrogen-bond acceptors (Lipinski definition) is 5. The molecule has 1 amide bonds. The molecule has 0 spiro atoms. The number of ether oxygens (including phenoxy) is 1. The number of carbonyl (C=O) groups is 1. The van der Waals surface area contributed by atoms with Crippen molar-refractivity contribution in [2.45, 2.75) is 20.3 Å². The van der Waals surface area contributed by atoms with Gasteiger partial charge in [-0.25, -0.2) is 4.98 Å². The molecule has 0 bridgehead atoms. The minimum Gasteiger partial charge on any atom is -0.497 e. The van der Waals surface area contributed by atoms with Crippen molar-refractivity contribution in [3.8, 4) is 11.4 Å². The molecule has 13 heteroatoms. The quantitative estimate of drug-likeness (QED) is 0.282. The largest absolute Gasteiger partial charge is 0.497 e. The lowest BCUT2D eigenvalue weighted by atomic mass is 10.2. The number of nitrogens with zero attached hydrogens (tertiary/aromatic N) is 4. The van der Waals surface area contributed by atoms with E-state index in [1.807, 2.05) is 60.9 Å². The van der Waals surface area contributed by atoms with Crippen LogP contribution in [0.4, 0.5) is 5.69 Å². The SMILES string of the molecule is COc1ccc(-n2c(C)nc(C(=O)NCCCN3CCN(c4cccc(Cl)c4Cl)CC3)c2C)cc1.Cl.Cl.Cl.Cl. The average Bonchev–Trinajstić information content (AvgIpc) is 3.17. The summed E-state index contributed by atoms with van der Waals surface area (Å²) in [7, 11) is 1.64. The number of anilines is 1. The van der Waals surface area contributed by atoms with E-state index >= 15 is 0 Å². The summed E-state index contributed by atoms with van der Waals surface area (Å²) in [5.74, 6) is 1.42. The topological polar surface area (TPSA) is 62.6 Å². The molecule has 0 atom stereocenters. The first-order chi connectivity index (χ1) is 16.9. The predicted molar refractivity (Wildman–Crippen MR) is 171 cm³/mol. The third-order valence-corrected chi connectivity index (χ3v) is 7.21. The summed E-state index contributed by atoms with van der Waals surface area (Å²) >= 11 is 12.5. The first-order valence-corrected chi connectivity index (χ1v) is 12.5. The summed E-state index contributed by atoms with van der Waals surface area (Å²) < 4.78 is 7.22. The van der Waals surface area contributed by atoms with Crippen molar-refractivity contribution >= 4 is 84.4 Å². The van der Waals surface area contributed by atoms with Gasteiger partial charge in [-0.3, -0.25) is 9.69 Å². The van der Waals surface area contributed by atoms with Crippen molar-refractivity contribution in [1.29, 1.82) is 0 Å². The molecular formula is C26H35Cl6N5O2. The Morgan fingerprint density at radius 2 is 1.62 bits per heavy atom. The molecule has 0 aliphatic carbocycles. The maximum Gasteiger partial charge on any atom is 0.271 e. The highest BCUT2D eigenvalue weighted by atomic mass is 35.5. The molecule has 218 valence electrons. The fraction of sp³-hybridized carbons (Fsp3) is 0.385. The van der Waals surface area contributed by atoms with Gasteiger partial charge in [-0.1, -0.05) is 29.3 Å². The number of methoxy groups -OCH3 is 1. The molecule has 1 aliphatic heterocycles. The van der Waals surface area contributed by atoms with Crippen LogP contribution in [0, 0.1) is 13.8 Å². The first kappa shape index (κ1) is 37.4. The first-order valence-electron chi connectivity index (χ1n) is 11.8. The molecule has 39 heavy (non-hydrogen) atoms. The van der Waals surface area contributed by atoms with E-state index in [0.29, 0.717) is 22.3 Å². The Kier molecular flexibility index (Phi) is 16.6. The average molecular weight is 662 g/mol. The number of hydrogen-bond donors (Lipinski definition) is 1.